The number of hydrogen-bond donors (Lipinski definition) is 3. The molecule has 1 fully saturated rings. The zero-order valence-corrected chi connectivity index (χ0v) is 11.7. The van der Waals surface area contributed by atoms with Gasteiger partial charge in [-0.1, -0.05) is 0 Å². The summed E-state index contributed by atoms with van der Waals surface area (Å²) in [5.41, 5.74) is 3.09. The molecule has 1 saturated heterocycles. The predicted octanol–water partition coefficient (Wildman–Crippen LogP) is 1.24. The standard InChI is InChI=1S/C15H15N3O4/c19-9-3-4-18(6-9)8-1-2-10-12(5-8)22-7-11-13(10)16-17-14(11)15(20)21/h1-2,5,9,19H,3-4,6-7H2,(H,16,17)(H,20,21)/t9-/m0/s1. The molecule has 2 aliphatic heterocycles. The van der Waals surface area contributed by atoms with Crippen LogP contribution in [0, 0.1) is 0 Å². The number of nitrogens with one attached hydrogen (secondary N) is 1. The minimum Gasteiger partial charge on any atom is -0.488 e. The number of carboxylic acids is 1. The number of aliphatic hydroxyl groups excluding tert-OH is 1. The minimum atomic E-state index is -1.06. The number of aromatic nitrogens is 2. The first kappa shape index (κ1) is 13.1. The van der Waals surface area contributed by atoms with Crippen molar-refractivity contribution in [2.75, 3.05) is 18.0 Å². The van der Waals surface area contributed by atoms with Gasteiger partial charge in [0.1, 0.15) is 12.4 Å². The van der Waals surface area contributed by atoms with Gasteiger partial charge in [0.05, 0.1) is 17.4 Å². The van der Waals surface area contributed by atoms with E-state index in [1.54, 1.807) is 0 Å². The summed E-state index contributed by atoms with van der Waals surface area (Å²) in [5.74, 6) is -0.362. The molecular weight excluding hydrogens is 286 g/mol. The molecule has 7 heteroatoms. The van der Waals surface area contributed by atoms with Gasteiger partial charge in [-0.15, -0.1) is 0 Å². The summed E-state index contributed by atoms with van der Waals surface area (Å²) in [7, 11) is 0. The third kappa shape index (κ3) is 1.93. The van der Waals surface area contributed by atoms with Gasteiger partial charge in [-0.2, -0.15) is 5.10 Å². The summed E-state index contributed by atoms with van der Waals surface area (Å²) < 4.78 is 5.71. The van der Waals surface area contributed by atoms with Crippen molar-refractivity contribution < 1.29 is 19.7 Å². The van der Waals surface area contributed by atoms with Gasteiger partial charge in [-0.05, 0) is 18.6 Å². The molecular formula is C15H15N3O4. The molecule has 1 aromatic carbocycles. The van der Waals surface area contributed by atoms with E-state index in [1.807, 2.05) is 18.2 Å². The highest BCUT2D eigenvalue weighted by molar-refractivity contribution is 5.90. The van der Waals surface area contributed by atoms with Crippen LogP contribution in [-0.4, -0.2) is 45.6 Å². The predicted molar refractivity (Wildman–Crippen MR) is 78.2 cm³/mol. The smallest absolute Gasteiger partial charge is 0.356 e. The Morgan fingerprint density at radius 2 is 2.32 bits per heavy atom. The number of carboxylic acid groups (broad SMARTS) is 1. The van der Waals surface area contributed by atoms with E-state index in [1.165, 1.54) is 0 Å². The Bertz CT molecular complexity index is 755. The van der Waals surface area contributed by atoms with Gasteiger partial charge in [0.2, 0.25) is 0 Å². The van der Waals surface area contributed by atoms with E-state index in [0.717, 1.165) is 24.2 Å². The second-order valence-electron chi connectivity index (χ2n) is 5.59. The third-order valence-electron chi connectivity index (χ3n) is 4.20. The van der Waals surface area contributed by atoms with Gasteiger partial charge in [0, 0.05) is 30.4 Å². The Labute approximate surface area is 126 Å². The maximum Gasteiger partial charge on any atom is 0.356 e. The number of aliphatic hydroxyl groups is 1. The number of anilines is 1. The van der Waals surface area contributed by atoms with Crippen LogP contribution in [0.25, 0.3) is 11.3 Å². The molecule has 0 spiro atoms. The Kier molecular flexibility index (Phi) is 2.83. The zero-order chi connectivity index (χ0) is 15.3. The fourth-order valence-corrected chi connectivity index (χ4v) is 3.07. The lowest BCUT2D eigenvalue weighted by molar-refractivity contribution is 0.0687. The summed E-state index contributed by atoms with van der Waals surface area (Å²) in [5, 5.41) is 25.4. The SMILES string of the molecule is O=C(O)c1n[nH]c2c1COc1cc(N3CC[C@H](O)C3)ccc1-2. The van der Waals surface area contributed by atoms with Crippen molar-refractivity contribution in [3.05, 3.63) is 29.5 Å². The van der Waals surface area contributed by atoms with Crippen LogP contribution in [0.2, 0.25) is 0 Å². The molecule has 2 aromatic rings. The molecule has 0 amide bonds. The summed E-state index contributed by atoms with van der Waals surface area (Å²) in [4.78, 5) is 13.2. The number of benzene rings is 1. The van der Waals surface area contributed by atoms with Crippen molar-refractivity contribution in [2.24, 2.45) is 0 Å². The number of H-pyrrole nitrogens is 1. The molecule has 0 unspecified atom stereocenters. The van der Waals surface area contributed by atoms with Crippen LogP contribution in [0.5, 0.6) is 5.75 Å². The number of hydrogen-bond acceptors (Lipinski definition) is 5. The van der Waals surface area contributed by atoms with Crippen LogP contribution in [-0.2, 0) is 6.61 Å². The molecule has 1 aromatic heterocycles. The number of rotatable bonds is 2. The number of β-amino-alcohol motifs (C(OH)–C–C–N with tert-alkyl or cyclic N) is 1. The molecule has 2 aliphatic rings. The number of ether oxygens (including phenoxy) is 1. The first-order valence-corrected chi connectivity index (χ1v) is 7.14. The highest BCUT2D eigenvalue weighted by Crippen LogP contribution is 2.40. The van der Waals surface area contributed by atoms with E-state index in [-0.39, 0.29) is 18.4 Å². The number of carbonyl (C=O) groups is 1. The van der Waals surface area contributed by atoms with Gasteiger partial charge < -0.3 is 19.8 Å². The average molecular weight is 301 g/mol. The summed E-state index contributed by atoms with van der Waals surface area (Å²) in [6, 6.07) is 5.78. The zero-order valence-electron chi connectivity index (χ0n) is 11.7. The first-order valence-electron chi connectivity index (χ1n) is 7.14. The van der Waals surface area contributed by atoms with E-state index < -0.39 is 5.97 Å². The average Bonchev–Trinajstić information content (AvgIpc) is 3.12. The van der Waals surface area contributed by atoms with Crippen LogP contribution in [0.1, 0.15) is 22.5 Å². The molecule has 0 saturated carbocycles. The van der Waals surface area contributed by atoms with Crippen LogP contribution in [0.4, 0.5) is 5.69 Å². The molecule has 0 aliphatic carbocycles. The molecule has 114 valence electrons. The molecule has 1 atom stereocenters. The van der Waals surface area contributed by atoms with E-state index >= 15 is 0 Å². The molecule has 3 N–H and O–H groups in total. The van der Waals surface area contributed by atoms with Crippen LogP contribution in [0.3, 0.4) is 0 Å². The van der Waals surface area contributed by atoms with Crippen molar-refractivity contribution in [2.45, 2.75) is 19.1 Å². The van der Waals surface area contributed by atoms with E-state index in [4.69, 9.17) is 9.84 Å². The highest BCUT2D eigenvalue weighted by Gasteiger charge is 2.27. The van der Waals surface area contributed by atoms with Crippen molar-refractivity contribution in [1.82, 2.24) is 10.2 Å². The molecule has 0 radical (unpaired) electrons. The van der Waals surface area contributed by atoms with Crippen LogP contribution >= 0.6 is 0 Å². The van der Waals surface area contributed by atoms with E-state index in [2.05, 4.69) is 15.1 Å². The van der Waals surface area contributed by atoms with Crippen molar-refractivity contribution in [3.63, 3.8) is 0 Å². The fourth-order valence-electron chi connectivity index (χ4n) is 3.07. The van der Waals surface area contributed by atoms with Gasteiger partial charge in [-0.25, -0.2) is 4.79 Å². The maximum atomic E-state index is 11.1. The molecule has 3 heterocycles. The fraction of sp³-hybridized carbons (Fsp3) is 0.333. The van der Waals surface area contributed by atoms with Gasteiger partial charge in [0.15, 0.2) is 5.69 Å². The van der Waals surface area contributed by atoms with Crippen molar-refractivity contribution >= 4 is 11.7 Å². The normalized spacial score (nSPS) is 19.5. The third-order valence-corrected chi connectivity index (χ3v) is 4.20. The summed E-state index contributed by atoms with van der Waals surface area (Å²) in [6.07, 6.45) is 0.485. The maximum absolute atomic E-state index is 11.1. The first-order chi connectivity index (χ1) is 10.6. The second kappa shape index (κ2) is 4.74. The molecule has 0 bridgehead atoms. The lowest BCUT2D eigenvalue weighted by Crippen LogP contribution is -2.21. The van der Waals surface area contributed by atoms with Crippen LogP contribution in [0.15, 0.2) is 18.2 Å². The van der Waals surface area contributed by atoms with Crippen LogP contribution < -0.4 is 9.64 Å². The number of aromatic carboxylic acids is 1. The molecule has 4 rings (SSSR count). The molecule has 22 heavy (non-hydrogen) atoms. The number of aromatic amines is 1. The lowest BCUT2D eigenvalue weighted by Gasteiger charge is -2.22. The Balaban J connectivity index is 1.72. The van der Waals surface area contributed by atoms with Crippen molar-refractivity contribution in [3.8, 4) is 17.0 Å². The lowest BCUT2D eigenvalue weighted by atomic mass is 10.0. The largest absolute Gasteiger partial charge is 0.488 e. The number of nitrogens with zero attached hydrogens (tertiary/aromatic N) is 2. The number of fused-ring (bicyclic) bond motifs is 3. The second-order valence-corrected chi connectivity index (χ2v) is 5.59. The summed E-state index contributed by atoms with van der Waals surface area (Å²) in [6.45, 7) is 1.63. The van der Waals surface area contributed by atoms with Gasteiger partial charge >= 0.3 is 5.97 Å². The monoisotopic (exact) mass is 301 g/mol. The Morgan fingerprint density at radius 1 is 1.45 bits per heavy atom. The van der Waals surface area contributed by atoms with Gasteiger partial charge in [-0.3, -0.25) is 5.10 Å². The Morgan fingerprint density at radius 3 is 3.05 bits per heavy atom. The van der Waals surface area contributed by atoms with E-state index in [0.29, 0.717) is 23.6 Å². The van der Waals surface area contributed by atoms with Crippen molar-refractivity contribution in [1.29, 1.82) is 0 Å². The quantitative estimate of drug-likeness (QED) is 0.772. The Hall–Kier alpha value is -2.54. The van der Waals surface area contributed by atoms with Gasteiger partial charge in [0.25, 0.3) is 0 Å². The highest BCUT2D eigenvalue weighted by atomic mass is 16.5. The van der Waals surface area contributed by atoms with E-state index in [9.17, 15) is 9.90 Å². The minimum absolute atomic E-state index is 0.00684. The molecule has 7 nitrogen and oxygen atoms in total. The summed E-state index contributed by atoms with van der Waals surface area (Å²) >= 11 is 0. The topological polar surface area (TPSA) is 98.7 Å².